The number of amides is 1. The molecule has 39 heavy (non-hydrogen) atoms. The van der Waals surface area contributed by atoms with Crippen LogP contribution in [0.2, 0.25) is 5.02 Å². The topological polar surface area (TPSA) is 61.8 Å². The van der Waals surface area contributed by atoms with Gasteiger partial charge >= 0.3 is 6.01 Å². The molecule has 3 aromatic carbocycles. The SMILES string of the molecule is Cc1ccc2ccccc2c1-c1c(Cl)cc2c(N3CCN(C=O)C(C)C3)nc(OCCCN(C)C)nc2c1F. The Bertz CT molecular complexity index is 1530. The van der Waals surface area contributed by atoms with Crippen LogP contribution in [0.25, 0.3) is 32.8 Å². The summed E-state index contributed by atoms with van der Waals surface area (Å²) in [6, 6.07) is 13.8. The summed E-state index contributed by atoms with van der Waals surface area (Å²) in [7, 11) is 4.00. The Labute approximate surface area is 233 Å². The van der Waals surface area contributed by atoms with Gasteiger partial charge < -0.3 is 19.4 Å². The molecule has 1 aliphatic heterocycles. The van der Waals surface area contributed by atoms with Crippen LogP contribution in [0, 0.1) is 12.7 Å². The molecule has 5 rings (SSSR count). The van der Waals surface area contributed by atoms with Gasteiger partial charge in [-0.05, 0) is 62.3 Å². The van der Waals surface area contributed by atoms with Crippen LogP contribution in [0.1, 0.15) is 18.9 Å². The van der Waals surface area contributed by atoms with Crippen molar-refractivity contribution < 1.29 is 13.9 Å². The van der Waals surface area contributed by atoms with Gasteiger partial charge in [-0.3, -0.25) is 4.79 Å². The van der Waals surface area contributed by atoms with Crippen LogP contribution in [-0.2, 0) is 4.79 Å². The normalized spacial score (nSPS) is 15.9. The molecule has 1 aliphatic rings. The lowest BCUT2D eigenvalue weighted by molar-refractivity contribution is -0.120. The quantitative estimate of drug-likeness (QED) is 0.212. The van der Waals surface area contributed by atoms with Crippen molar-refractivity contribution in [3.63, 3.8) is 0 Å². The number of halogens is 2. The van der Waals surface area contributed by atoms with Crippen molar-refractivity contribution in [1.29, 1.82) is 0 Å². The van der Waals surface area contributed by atoms with Crippen molar-refractivity contribution in [3.05, 3.63) is 58.9 Å². The number of carbonyl (C=O) groups excluding carboxylic acids is 1. The average Bonchev–Trinajstić information content (AvgIpc) is 2.92. The summed E-state index contributed by atoms with van der Waals surface area (Å²) >= 11 is 6.87. The molecule has 0 spiro atoms. The van der Waals surface area contributed by atoms with Crippen LogP contribution in [-0.4, -0.2) is 79.1 Å². The number of hydrogen-bond acceptors (Lipinski definition) is 6. The van der Waals surface area contributed by atoms with Crippen molar-refractivity contribution >= 4 is 45.5 Å². The highest BCUT2D eigenvalue weighted by atomic mass is 35.5. The number of benzene rings is 3. The smallest absolute Gasteiger partial charge is 0.319 e. The van der Waals surface area contributed by atoms with E-state index in [2.05, 4.69) is 14.8 Å². The molecular weight excluding hydrogens is 517 g/mol. The molecule has 0 N–H and O–H groups in total. The molecule has 0 aliphatic carbocycles. The summed E-state index contributed by atoms with van der Waals surface area (Å²) in [5.74, 6) is 0.0559. The first-order chi connectivity index (χ1) is 18.8. The van der Waals surface area contributed by atoms with Gasteiger partial charge in [0.25, 0.3) is 0 Å². The number of carbonyl (C=O) groups is 1. The molecule has 4 aromatic rings. The molecule has 2 heterocycles. The molecule has 1 fully saturated rings. The van der Waals surface area contributed by atoms with E-state index in [0.717, 1.165) is 41.3 Å². The van der Waals surface area contributed by atoms with Gasteiger partial charge in [-0.2, -0.15) is 9.97 Å². The van der Waals surface area contributed by atoms with Crippen LogP contribution in [0.4, 0.5) is 10.2 Å². The van der Waals surface area contributed by atoms with Gasteiger partial charge in [-0.15, -0.1) is 0 Å². The molecule has 1 unspecified atom stereocenters. The first-order valence-electron chi connectivity index (χ1n) is 13.2. The minimum atomic E-state index is -0.502. The fraction of sp³-hybridized carbons (Fsp3) is 0.367. The van der Waals surface area contributed by atoms with E-state index in [1.54, 1.807) is 11.0 Å². The summed E-state index contributed by atoms with van der Waals surface area (Å²) in [6.45, 7) is 6.84. The van der Waals surface area contributed by atoms with Gasteiger partial charge in [0.2, 0.25) is 6.41 Å². The van der Waals surface area contributed by atoms with Crippen LogP contribution >= 0.6 is 11.6 Å². The molecule has 1 atom stereocenters. The minimum absolute atomic E-state index is 0.0244. The Morgan fingerprint density at radius 3 is 2.67 bits per heavy atom. The van der Waals surface area contributed by atoms with Gasteiger partial charge in [0.15, 0.2) is 5.82 Å². The van der Waals surface area contributed by atoms with Crippen LogP contribution < -0.4 is 9.64 Å². The Morgan fingerprint density at radius 1 is 1.13 bits per heavy atom. The largest absolute Gasteiger partial charge is 0.463 e. The third-order valence-corrected chi connectivity index (χ3v) is 7.62. The van der Waals surface area contributed by atoms with E-state index in [0.29, 0.717) is 48.0 Å². The van der Waals surface area contributed by atoms with Gasteiger partial charge in [-0.25, -0.2) is 4.39 Å². The highest BCUT2D eigenvalue weighted by Gasteiger charge is 2.28. The number of fused-ring (bicyclic) bond motifs is 2. The second kappa shape index (κ2) is 11.3. The fourth-order valence-electron chi connectivity index (χ4n) is 5.27. The van der Waals surface area contributed by atoms with Gasteiger partial charge in [0.05, 0.1) is 11.6 Å². The molecule has 0 radical (unpaired) electrons. The Hall–Kier alpha value is -3.49. The monoisotopic (exact) mass is 549 g/mol. The molecule has 9 heteroatoms. The third-order valence-electron chi connectivity index (χ3n) is 7.32. The molecule has 0 bridgehead atoms. The van der Waals surface area contributed by atoms with Crippen molar-refractivity contribution in [2.75, 3.05) is 51.8 Å². The van der Waals surface area contributed by atoms with Crippen LogP contribution in [0.3, 0.4) is 0 Å². The van der Waals surface area contributed by atoms with Crippen LogP contribution in [0.5, 0.6) is 6.01 Å². The lowest BCUT2D eigenvalue weighted by Gasteiger charge is -2.38. The maximum atomic E-state index is 16.6. The molecule has 1 saturated heterocycles. The second-order valence-corrected chi connectivity index (χ2v) is 10.8. The molecule has 204 valence electrons. The van der Waals surface area contributed by atoms with Gasteiger partial charge in [-0.1, -0.05) is 48.0 Å². The summed E-state index contributed by atoms with van der Waals surface area (Å²) in [6.07, 6.45) is 1.65. The van der Waals surface area contributed by atoms with E-state index >= 15 is 4.39 Å². The Morgan fingerprint density at radius 2 is 1.92 bits per heavy atom. The minimum Gasteiger partial charge on any atom is -0.463 e. The van der Waals surface area contributed by atoms with Gasteiger partial charge in [0.1, 0.15) is 11.3 Å². The zero-order valence-electron chi connectivity index (χ0n) is 22.7. The molecule has 1 amide bonds. The lowest BCUT2D eigenvalue weighted by atomic mass is 9.92. The number of nitrogens with zero attached hydrogens (tertiary/aromatic N) is 5. The van der Waals surface area contributed by atoms with E-state index < -0.39 is 5.82 Å². The fourth-order valence-corrected chi connectivity index (χ4v) is 5.56. The molecule has 7 nitrogen and oxygen atoms in total. The third kappa shape index (κ3) is 5.36. The van der Waals surface area contributed by atoms with Crippen molar-refractivity contribution in [2.24, 2.45) is 0 Å². The first-order valence-corrected chi connectivity index (χ1v) is 13.6. The zero-order valence-corrected chi connectivity index (χ0v) is 23.5. The summed E-state index contributed by atoms with van der Waals surface area (Å²) < 4.78 is 22.6. The number of rotatable bonds is 8. The van der Waals surface area contributed by atoms with E-state index in [-0.39, 0.29) is 17.6 Å². The number of anilines is 1. The summed E-state index contributed by atoms with van der Waals surface area (Å²) in [5, 5.41) is 2.74. The average molecular weight is 550 g/mol. The van der Waals surface area contributed by atoms with Crippen molar-refractivity contribution in [2.45, 2.75) is 26.3 Å². The number of hydrogen-bond donors (Lipinski definition) is 0. The molecule has 0 saturated carbocycles. The zero-order chi connectivity index (χ0) is 27.7. The molecular formula is C30H33ClFN5O2. The number of aryl methyl sites for hydroxylation is 1. The second-order valence-electron chi connectivity index (χ2n) is 10.4. The predicted octanol–water partition coefficient (Wildman–Crippen LogP) is 5.55. The van der Waals surface area contributed by atoms with Gasteiger partial charge in [0, 0.05) is 43.2 Å². The maximum Gasteiger partial charge on any atom is 0.319 e. The number of piperazine rings is 1. The lowest BCUT2D eigenvalue weighted by Crippen LogP contribution is -2.51. The van der Waals surface area contributed by atoms with E-state index in [1.807, 2.05) is 64.3 Å². The Balaban J connectivity index is 1.67. The molecule has 1 aromatic heterocycles. The Kier molecular flexibility index (Phi) is 7.86. The summed E-state index contributed by atoms with van der Waals surface area (Å²) in [5.41, 5.74) is 2.15. The number of ether oxygens (including phenoxy) is 1. The predicted molar refractivity (Wildman–Crippen MR) is 155 cm³/mol. The van der Waals surface area contributed by atoms with E-state index in [4.69, 9.17) is 21.3 Å². The van der Waals surface area contributed by atoms with E-state index in [9.17, 15) is 4.79 Å². The maximum absolute atomic E-state index is 16.6. The van der Waals surface area contributed by atoms with Crippen molar-refractivity contribution in [3.8, 4) is 17.1 Å². The highest BCUT2D eigenvalue weighted by molar-refractivity contribution is 6.35. The summed E-state index contributed by atoms with van der Waals surface area (Å²) in [4.78, 5) is 26.6. The van der Waals surface area contributed by atoms with E-state index in [1.165, 1.54) is 0 Å². The van der Waals surface area contributed by atoms with Crippen LogP contribution in [0.15, 0.2) is 42.5 Å². The standard InChI is InChI=1S/C30H33ClFN5O2/c1-19-10-11-21-8-5-6-9-22(21)25(19)26-24(31)16-23-28(27(26)32)33-30(39-15-7-12-35(3)4)34-29(23)36-13-14-37(18-38)20(2)17-36/h5-6,8-11,16,18,20H,7,12-15,17H2,1-4H3. The highest BCUT2D eigenvalue weighted by Crippen LogP contribution is 2.42. The van der Waals surface area contributed by atoms with Crippen molar-refractivity contribution in [1.82, 2.24) is 19.8 Å². The number of aromatic nitrogens is 2. The first kappa shape index (κ1) is 27.1.